The number of nitrogens with zero attached hydrogens (tertiary/aromatic N) is 3. The van der Waals surface area contributed by atoms with E-state index in [1.54, 1.807) is 6.20 Å². The fraction of sp³-hybridized carbons (Fsp3) is 0.222. The summed E-state index contributed by atoms with van der Waals surface area (Å²) in [6.45, 7) is 0.502. The second kappa shape index (κ2) is 4.50. The number of aromatic nitrogens is 3. The van der Waals surface area contributed by atoms with Crippen LogP contribution in [0.3, 0.4) is 0 Å². The molecule has 0 radical (unpaired) electrons. The molecule has 5 nitrogen and oxygen atoms in total. The molecule has 6 heteroatoms. The van der Waals surface area contributed by atoms with Gasteiger partial charge < -0.3 is 10.3 Å². The van der Waals surface area contributed by atoms with Crippen LogP contribution in [0.5, 0.6) is 0 Å². The third-order valence-electron chi connectivity index (χ3n) is 1.80. The highest BCUT2D eigenvalue weighted by atomic mass is 79.9. The Morgan fingerprint density at radius 2 is 2.33 bits per heavy atom. The van der Waals surface area contributed by atoms with Crippen molar-refractivity contribution in [3.63, 3.8) is 0 Å². The van der Waals surface area contributed by atoms with Crippen molar-refractivity contribution in [1.29, 1.82) is 0 Å². The van der Waals surface area contributed by atoms with Crippen LogP contribution in [0.1, 0.15) is 5.82 Å². The summed E-state index contributed by atoms with van der Waals surface area (Å²) in [7, 11) is 0. The molecule has 0 aliphatic carbocycles. The Morgan fingerprint density at radius 3 is 3.07 bits per heavy atom. The second-order valence-electron chi connectivity index (χ2n) is 2.89. The summed E-state index contributed by atoms with van der Waals surface area (Å²) < 4.78 is 5.90. The highest BCUT2D eigenvalue weighted by molar-refractivity contribution is 9.10. The van der Waals surface area contributed by atoms with E-state index in [0.29, 0.717) is 30.4 Å². The van der Waals surface area contributed by atoms with Crippen LogP contribution in [-0.2, 0) is 6.42 Å². The second-order valence-corrected chi connectivity index (χ2v) is 3.74. The first-order valence-electron chi connectivity index (χ1n) is 4.45. The van der Waals surface area contributed by atoms with E-state index in [0.717, 1.165) is 4.47 Å². The van der Waals surface area contributed by atoms with Gasteiger partial charge in [-0.1, -0.05) is 5.16 Å². The molecule has 0 fully saturated rings. The quantitative estimate of drug-likeness (QED) is 0.911. The molecule has 2 aromatic rings. The van der Waals surface area contributed by atoms with Crippen LogP contribution in [0, 0.1) is 0 Å². The van der Waals surface area contributed by atoms with E-state index in [1.807, 2.05) is 12.1 Å². The van der Waals surface area contributed by atoms with Crippen molar-refractivity contribution >= 4 is 15.9 Å². The van der Waals surface area contributed by atoms with Crippen molar-refractivity contribution in [2.24, 2.45) is 5.73 Å². The number of rotatable bonds is 3. The van der Waals surface area contributed by atoms with E-state index < -0.39 is 0 Å². The van der Waals surface area contributed by atoms with Crippen molar-refractivity contribution in [1.82, 2.24) is 15.1 Å². The van der Waals surface area contributed by atoms with Crippen LogP contribution in [0.4, 0.5) is 0 Å². The average Bonchev–Trinajstić information content (AvgIpc) is 2.68. The van der Waals surface area contributed by atoms with E-state index in [4.69, 9.17) is 10.3 Å². The minimum absolute atomic E-state index is 0.408. The zero-order chi connectivity index (χ0) is 10.7. The molecule has 0 amide bonds. The monoisotopic (exact) mass is 268 g/mol. The molecule has 0 atom stereocenters. The standard InChI is InChI=1S/C9H9BrN4O/c10-6-2-1-5-12-8(6)9-13-7(3-4-11)14-15-9/h1-2,5H,3-4,11H2. The molecular formula is C9H9BrN4O. The third-order valence-corrected chi connectivity index (χ3v) is 2.44. The van der Waals surface area contributed by atoms with Crippen molar-refractivity contribution in [2.45, 2.75) is 6.42 Å². The molecule has 0 aromatic carbocycles. The maximum atomic E-state index is 5.39. The van der Waals surface area contributed by atoms with Crippen LogP contribution < -0.4 is 5.73 Å². The van der Waals surface area contributed by atoms with Crippen molar-refractivity contribution in [2.75, 3.05) is 6.54 Å². The molecule has 15 heavy (non-hydrogen) atoms. The lowest BCUT2D eigenvalue weighted by Gasteiger charge is -1.94. The Kier molecular flexibility index (Phi) is 3.08. The SMILES string of the molecule is NCCc1noc(-c2ncccc2Br)n1. The van der Waals surface area contributed by atoms with Gasteiger partial charge in [0.25, 0.3) is 5.89 Å². The summed E-state index contributed by atoms with van der Waals surface area (Å²) >= 11 is 3.37. The molecule has 0 spiro atoms. The van der Waals surface area contributed by atoms with Gasteiger partial charge in [0.05, 0.1) is 0 Å². The number of hydrogen-bond donors (Lipinski definition) is 1. The molecule has 0 saturated heterocycles. The van der Waals surface area contributed by atoms with Gasteiger partial charge in [0.2, 0.25) is 0 Å². The highest BCUT2D eigenvalue weighted by Crippen LogP contribution is 2.23. The molecule has 2 heterocycles. The third kappa shape index (κ3) is 2.21. The topological polar surface area (TPSA) is 77.8 Å². The summed E-state index contributed by atoms with van der Waals surface area (Å²) in [6, 6.07) is 3.69. The van der Waals surface area contributed by atoms with Gasteiger partial charge in [-0.25, -0.2) is 4.98 Å². The molecule has 2 N–H and O–H groups in total. The Hall–Kier alpha value is -1.27. The summed E-state index contributed by atoms with van der Waals surface area (Å²) in [5, 5.41) is 3.80. The van der Waals surface area contributed by atoms with E-state index in [-0.39, 0.29) is 0 Å². The number of pyridine rings is 1. The Bertz CT molecular complexity index is 457. The molecule has 0 saturated carbocycles. The largest absolute Gasteiger partial charge is 0.332 e. The molecule has 0 unspecified atom stereocenters. The number of hydrogen-bond acceptors (Lipinski definition) is 5. The van der Waals surface area contributed by atoms with E-state index in [1.165, 1.54) is 0 Å². The lowest BCUT2D eigenvalue weighted by molar-refractivity contribution is 0.421. The smallest absolute Gasteiger partial charge is 0.277 e. The minimum atomic E-state index is 0.408. The van der Waals surface area contributed by atoms with Crippen LogP contribution >= 0.6 is 15.9 Å². The molecule has 2 aromatic heterocycles. The Morgan fingerprint density at radius 1 is 1.47 bits per heavy atom. The van der Waals surface area contributed by atoms with Gasteiger partial charge in [0.1, 0.15) is 5.69 Å². The molecule has 0 aliphatic rings. The van der Waals surface area contributed by atoms with Crippen molar-refractivity contribution in [3.05, 3.63) is 28.6 Å². The summed E-state index contributed by atoms with van der Waals surface area (Å²) in [4.78, 5) is 8.33. The van der Waals surface area contributed by atoms with Gasteiger partial charge in [0.15, 0.2) is 5.82 Å². The lowest BCUT2D eigenvalue weighted by Crippen LogP contribution is -2.03. The maximum Gasteiger partial charge on any atom is 0.277 e. The van der Waals surface area contributed by atoms with Crippen LogP contribution in [0.15, 0.2) is 27.3 Å². The van der Waals surface area contributed by atoms with Crippen molar-refractivity contribution in [3.8, 4) is 11.6 Å². The van der Waals surface area contributed by atoms with E-state index in [9.17, 15) is 0 Å². The zero-order valence-corrected chi connectivity index (χ0v) is 9.44. The fourth-order valence-corrected chi connectivity index (χ4v) is 1.55. The highest BCUT2D eigenvalue weighted by Gasteiger charge is 2.12. The normalized spacial score (nSPS) is 10.5. The first-order valence-corrected chi connectivity index (χ1v) is 5.24. The van der Waals surface area contributed by atoms with Gasteiger partial charge >= 0.3 is 0 Å². The minimum Gasteiger partial charge on any atom is -0.332 e. The van der Waals surface area contributed by atoms with Gasteiger partial charge in [-0.05, 0) is 34.6 Å². The fourth-order valence-electron chi connectivity index (χ4n) is 1.12. The van der Waals surface area contributed by atoms with Crippen LogP contribution in [0.2, 0.25) is 0 Å². The molecule has 0 bridgehead atoms. The first kappa shape index (κ1) is 10.3. The summed E-state index contributed by atoms with van der Waals surface area (Å²) in [6.07, 6.45) is 2.28. The first-order chi connectivity index (χ1) is 7.31. The predicted octanol–water partition coefficient (Wildman–Crippen LogP) is 1.40. The Labute approximate surface area is 94.8 Å². The van der Waals surface area contributed by atoms with Crippen molar-refractivity contribution < 1.29 is 4.52 Å². The molecular weight excluding hydrogens is 260 g/mol. The molecule has 2 rings (SSSR count). The maximum absolute atomic E-state index is 5.39. The summed E-state index contributed by atoms with van der Waals surface area (Å²) in [5.41, 5.74) is 6.04. The number of nitrogens with two attached hydrogens (primary N) is 1. The van der Waals surface area contributed by atoms with Gasteiger partial charge in [-0.15, -0.1) is 0 Å². The zero-order valence-electron chi connectivity index (χ0n) is 7.85. The summed E-state index contributed by atoms with van der Waals surface area (Å²) in [5.74, 6) is 1.01. The van der Waals surface area contributed by atoms with Crippen LogP contribution in [0.25, 0.3) is 11.6 Å². The lowest BCUT2D eigenvalue weighted by atomic mass is 10.3. The van der Waals surface area contributed by atoms with Crippen LogP contribution in [-0.4, -0.2) is 21.7 Å². The molecule has 0 aliphatic heterocycles. The van der Waals surface area contributed by atoms with Gasteiger partial charge in [-0.3, -0.25) is 0 Å². The Balaban J connectivity index is 2.33. The predicted molar refractivity (Wildman–Crippen MR) is 58.0 cm³/mol. The molecule has 78 valence electrons. The number of halogens is 1. The van der Waals surface area contributed by atoms with E-state index in [2.05, 4.69) is 31.1 Å². The van der Waals surface area contributed by atoms with Gasteiger partial charge in [-0.2, -0.15) is 4.98 Å². The average molecular weight is 269 g/mol. The van der Waals surface area contributed by atoms with Gasteiger partial charge in [0, 0.05) is 17.1 Å². The van der Waals surface area contributed by atoms with E-state index >= 15 is 0 Å².